The number of nitrogens with zero attached hydrogens (tertiary/aromatic N) is 4. The van der Waals surface area contributed by atoms with Crippen LogP contribution in [0.1, 0.15) is 38.1 Å². The Morgan fingerprint density at radius 1 is 1.32 bits per heavy atom. The number of fused-ring (bicyclic) bond motifs is 1. The Morgan fingerprint density at radius 2 is 2.04 bits per heavy atom. The molecule has 0 bridgehead atoms. The molecule has 0 saturated heterocycles. The van der Waals surface area contributed by atoms with Gasteiger partial charge in [0.15, 0.2) is 0 Å². The van der Waals surface area contributed by atoms with E-state index in [0.29, 0.717) is 24.2 Å². The second-order valence-corrected chi connectivity index (χ2v) is 6.77. The van der Waals surface area contributed by atoms with E-state index in [1.54, 1.807) is 23.9 Å². The number of rotatable bonds is 5. The molecule has 0 aliphatic carbocycles. The lowest BCUT2D eigenvalue weighted by Gasteiger charge is -2.24. The summed E-state index contributed by atoms with van der Waals surface area (Å²) in [4.78, 5) is 25.5. The predicted molar refractivity (Wildman–Crippen MR) is 94.4 cm³/mol. The second kappa shape index (κ2) is 7.50. The van der Waals surface area contributed by atoms with E-state index in [1.807, 2.05) is 33.8 Å². The van der Waals surface area contributed by atoms with Gasteiger partial charge in [0.2, 0.25) is 0 Å². The molecule has 1 heterocycles. The van der Waals surface area contributed by atoms with Crippen LogP contribution in [0.5, 0.6) is 0 Å². The highest BCUT2D eigenvalue weighted by molar-refractivity contribution is 5.97. The van der Waals surface area contributed by atoms with Crippen molar-refractivity contribution in [2.45, 2.75) is 39.8 Å². The van der Waals surface area contributed by atoms with Crippen molar-refractivity contribution in [2.75, 3.05) is 20.1 Å². The van der Waals surface area contributed by atoms with Crippen LogP contribution in [0, 0.1) is 0 Å². The predicted octanol–water partition coefficient (Wildman–Crippen LogP) is 2.05. The second-order valence-electron chi connectivity index (χ2n) is 6.77. The molecule has 0 atom stereocenters. The quantitative estimate of drug-likeness (QED) is 0.894. The van der Waals surface area contributed by atoms with Crippen molar-refractivity contribution in [1.29, 1.82) is 0 Å². The smallest absolute Gasteiger partial charge is 0.410 e. The van der Waals surface area contributed by atoms with Crippen molar-refractivity contribution >= 4 is 23.0 Å². The molecule has 2 rings (SSSR count). The Balaban J connectivity index is 1.89. The van der Waals surface area contributed by atoms with Gasteiger partial charge in [-0.25, -0.2) is 9.48 Å². The molecule has 25 heavy (non-hydrogen) atoms. The molecule has 0 unspecified atom stereocenters. The Kier molecular flexibility index (Phi) is 5.61. The van der Waals surface area contributed by atoms with Crippen LogP contribution in [0.2, 0.25) is 0 Å². The van der Waals surface area contributed by atoms with Crippen LogP contribution in [-0.2, 0) is 11.3 Å². The molecule has 0 spiro atoms. The maximum atomic E-state index is 12.2. The minimum absolute atomic E-state index is 0.217. The molecule has 2 aromatic rings. The van der Waals surface area contributed by atoms with Gasteiger partial charge >= 0.3 is 6.09 Å². The van der Waals surface area contributed by atoms with Crippen LogP contribution < -0.4 is 5.32 Å². The molecule has 0 aliphatic heterocycles. The lowest BCUT2D eigenvalue weighted by molar-refractivity contribution is 0.0299. The first kappa shape index (κ1) is 18.7. The summed E-state index contributed by atoms with van der Waals surface area (Å²) in [7, 11) is 1.63. The number of likely N-dealkylation sites (N-methyl/N-ethyl adjacent to an activating group) is 1. The lowest BCUT2D eigenvalue weighted by atomic mass is 10.2. The van der Waals surface area contributed by atoms with Crippen LogP contribution in [0.4, 0.5) is 4.79 Å². The fraction of sp³-hybridized carbons (Fsp3) is 0.529. The number of hydrogen-bond donors (Lipinski definition) is 1. The fourth-order valence-corrected chi connectivity index (χ4v) is 2.22. The summed E-state index contributed by atoms with van der Waals surface area (Å²) in [5, 5.41) is 10.9. The van der Waals surface area contributed by atoms with Gasteiger partial charge < -0.3 is 15.0 Å². The number of nitrogens with one attached hydrogen (secondary N) is 1. The van der Waals surface area contributed by atoms with Gasteiger partial charge in [-0.15, -0.1) is 5.10 Å². The lowest BCUT2D eigenvalue weighted by Crippen LogP contribution is -2.39. The molecular formula is C17H25N5O3. The molecule has 8 heteroatoms. The maximum Gasteiger partial charge on any atom is 0.410 e. The highest BCUT2D eigenvalue weighted by Gasteiger charge is 2.19. The number of carbonyl (C=O) groups is 2. The first-order chi connectivity index (χ1) is 11.7. The Labute approximate surface area is 147 Å². The van der Waals surface area contributed by atoms with Crippen LogP contribution in [0.15, 0.2) is 18.2 Å². The van der Waals surface area contributed by atoms with E-state index in [2.05, 4.69) is 15.6 Å². The van der Waals surface area contributed by atoms with Crippen molar-refractivity contribution in [3.63, 3.8) is 0 Å². The molecule has 0 aliphatic rings. The first-order valence-electron chi connectivity index (χ1n) is 8.27. The average molecular weight is 347 g/mol. The number of hydrogen-bond acceptors (Lipinski definition) is 5. The number of aryl methyl sites for hydroxylation is 1. The summed E-state index contributed by atoms with van der Waals surface area (Å²) >= 11 is 0. The highest BCUT2D eigenvalue weighted by Crippen LogP contribution is 2.13. The Hall–Kier alpha value is -2.64. The van der Waals surface area contributed by atoms with Crippen molar-refractivity contribution in [1.82, 2.24) is 25.2 Å². The van der Waals surface area contributed by atoms with Gasteiger partial charge in [-0.2, -0.15) is 0 Å². The van der Waals surface area contributed by atoms with Gasteiger partial charge in [0.25, 0.3) is 5.91 Å². The molecule has 1 aromatic carbocycles. The van der Waals surface area contributed by atoms with E-state index in [0.717, 1.165) is 12.1 Å². The number of amides is 2. The van der Waals surface area contributed by atoms with Gasteiger partial charge in [-0.1, -0.05) is 5.21 Å². The third-order valence-corrected chi connectivity index (χ3v) is 3.51. The summed E-state index contributed by atoms with van der Waals surface area (Å²) in [5.74, 6) is -0.217. The largest absolute Gasteiger partial charge is 0.444 e. The van der Waals surface area contributed by atoms with Crippen LogP contribution in [-0.4, -0.2) is 57.6 Å². The van der Waals surface area contributed by atoms with Gasteiger partial charge in [-0.05, 0) is 45.9 Å². The maximum absolute atomic E-state index is 12.2. The Morgan fingerprint density at radius 3 is 2.68 bits per heavy atom. The summed E-state index contributed by atoms with van der Waals surface area (Å²) < 4.78 is 7.03. The first-order valence-corrected chi connectivity index (χ1v) is 8.27. The van der Waals surface area contributed by atoms with Crippen LogP contribution in [0.25, 0.3) is 11.0 Å². The number of ether oxygens (including phenoxy) is 1. The minimum Gasteiger partial charge on any atom is -0.444 e. The van der Waals surface area contributed by atoms with E-state index in [9.17, 15) is 9.59 Å². The monoisotopic (exact) mass is 347 g/mol. The molecule has 0 fully saturated rings. The zero-order chi connectivity index (χ0) is 18.6. The molecule has 0 radical (unpaired) electrons. The van der Waals surface area contributed by atoms with E-state index in [1.165, 1.54) is 4.90 Å². The van der Waals surface area contributed by atoms with E-state index >= 15 is 0 Å². The standard InChI is InChI=1S/C17H25N5O3/c1-6-22-14-8-7-12(11-13(14)19-20-22)15(23)18-9-10-21(5)16(24)25-17(2,3)4/h7-8,11H,6,9-10H2,1-5H3,(H,18,23). The third-order valence-electron chi connectivity index (χ3n) is 3.51. The van der Waals surface area contributed by atoms with Gasteiger partial charge in [-0.3, -0.25) is 4.79 Å². The van der Waals surface area contributed by atoms with Crippen molar-refractivity contribution in [2.24, 2.45) is 0 Å². The summed E-state index contributed by atoms with van der Waals surface area (Å²) in [6.07, 6.45) is -0.417. The molecule has 2 amide bonds. The third kappa shape index (κ3) is 4.91. The topological polar surface area (TPSA) is 89.4 Å². The van der Waals surface area contributed by atoms with E-state index in [4.69, 9.17) is 4.74 Å². The van der Waals surface area contributed by atoms with Crippen LogP contribution in [0.3, 0.4) is 0 Å². The molecule has 136 valence electrons. The molecule has 1 aromatic heterocycles. The normalized spacial score (nSPS) is 11.4. The van der Waals surface area contributed by atoms with E-state index < -0.39 is 11.7 Å². The molecular weight excluding hydrogens is 322 g/mol. The molecule has 8 nitrogen and oxygen atoms in total. The fourth-order valence-electron chi connectivity index (χ4n) is 2.22. The highest BCUT2D eigenvalue weighted by atomic mass is 16.6. The van der Waals surface area contributed by atoms with Crippen molar-refractivity contribution in [3.05, 3.63) is 23.8 Å². The summed E-state index contributed by atoms with van der Waals surface area (Å²) in [6.45, 7) is 8.82. The zero-order valence-electron chi connectivity index (χ0n) is 15.4. The van der Waals surface area contributed by atoms with Crippen molar-refractivity contribution < 1.29 is 14.3 Å². The summed E-state index contributed by atoms with van der Waals surface area (Å²) in [5.41, 5.74) is 1.54. The van der Waals surface area contributed by atoms with E-state index in [-0.39, 0.29) is 5.91 Å². The molecule has 1 N–H and O–H groups in total. The number of aromatic nitrogens is 3. The van der Waals surface area contributed by atoms with Crippen LogP contribution >= 0.6 is 0 Å². The average Bonchev–Trinajstić information content (AvgIpc) is 2.95. The molecule has 0 saturated carbocycles. The SMILES string of the molecule is CCn1nnc2cc(C(=O)NCCN(C)C(=O)OC(C)(C)C)ccc21. The Bertz CT molecular complexity index is 763. The number of carbonyl (C=O) groups excluding carboxylic acids is 2. The van der Waals surface area contributed by atoms with Gasteiger partial charge in [0.1, 0.15) is 11.1 Å². The zero-order valence-corrected chi connectivity index (χ0v) is 15.4. The summed E-state index contributed by atoms with van der Waals surface area (Å²) in [6, 6.07) is 5.28. The van der Waals surface area contributed by atoms with Crippen molar-refractivity contribution in [3.8, 4) is 0 Å². The van der Waals surface area contributed by atoms with Gasteiger partial charge in [0, 0.05) is 32.2 Å². The van der Waals surface area contributed by atoms with Gasteiger partial charge in [0.05, 0.1) is 5.52 Å². The number of benzene rings is 1. The minimum atomic E-state index is -0.542.